The second-order valence-electron chi connectivity index (χ2n) is 23.6. The number of nitrogen functional groups attached to an aromatic ring is 4. The third kappa shape index (κ3) is 28.1. The minimum atomic E-state index is -5.70. The van der Waals surface area contributed by atoms with Gasteiger partial charge in [0.2, 0.25) is 0 Å². The molecule has 12 rings (SSSR count). The zero-order valence-corrected chi connectivity index (χ0v) is 69.1. The van der Waals surface area contributed by atoms with E-state index >= 15 is 0 Å². The Morgan fingerprint density at radius 3 is 1.00 bits per heavy atom. The molecule has 20 atom stereocenters. The number of nitrogens with two attached hydrogens (primary N) is 4. The normalized spacial score (nSPS) is 26.5. The van der Waals surface area contributed by atoms with Crippen molar-refractivity contribution < 1.29 is 225 Å². The van der Waals surface area contributed by atoms with E-state index in [-0.39, 0.29) is 58.4 Å². The van der Waals surface area contributed by atoms with Gasteiger partial charge >= 0.3 is 93.9 Å². The molecular weight excluding hydrogens is 1900 g/mol. The Labute approximate surface area is 662 Å². The average molecular weight is 1960 g/mol. The molecule has 0 aliphatic carbocycles. The van der Waals surface area contributed by atoms with E-state index in [0.717, 1.165) is 6.33 Å². The molecule has 120 heavy (non-hydrogen) atoms. The van der Waals surface area contributed by atoms with Crippen molar-refractivity contribution in [3.63, 3.8) is 0 Å². The Balaban J connectivity index is 0.000000182. The Morgan fingerprint density at radius 1 is 0.317 bits per heavy atom. The summed E-state index contributed by atoms with van der Waals surface area (Å²) in [7, 11) is -65.8. The molecule has 4 fully saturated rings. The number of aliphatic hydroxyl groups excluding tert-OH is 4. The number of fused-ring (bicyclic) bond motifs is 4. The number of hydrogen-bond acceptors (Lipinski definition) is 48. The van der Waals surface area contributed by atoms with Crippen LogP contribution in [0.5, 0.6) is 0 Å². The van der Waals surface area contributed by atoms with Crippen LogP contribution in [0.2, 0.25) is 0 Å². The van der Waals surface area contributed by atoms with Crippen molar-refractivity contribution in [3.8, 4) is 0 Å². The lowest BCUT2D eigenvalue weighted by molar-refractivity contribution is -0.0503. The van der Waals surface area contributed by atoms with Crippen molar-refractivity contribution in [1.82, 2.24) is 78.1 Å². The molecule has 20 unspecified atom stereocenters. The number of phosphoric ester groups is 4. The van der Waals surface area contributed by atoms with E-state index in [1.807, 2.05) is 0 Å². The highest BCUT2D eigenvalue weighted by molar-refractivity contribution is 7.68. The Kier molecular flexibility index (Phi) is 31.3. The first-order valence-corrected chi connectivity index (χ1v) is 49.3. The molecule has 0 bridgehead atoms. The van der Waals surface area contributed by atoms with E-state index in [0.29, 0.717) is 35.2 Å². The minimum Gasteiger partial charge on any atom is -0.390 e. The lowest BCUT2D eigenvalue weighted by Gasteiger charge is -2.19. The van der Waals surface area contributed by atoms with Gasteiger partial charge in [-0.3, -0.25) is 36.4 Å². The van der Waals surface area contributed by atoms with Gasteiger partial charge in [0, 0.05) is 12.8 Å². The third-order valence-corrected chi connectivity index (χ3v) is 30.0. The summed E-state index contributed by atoms with van der Waals surface area (Å²) in [4.78, 5) is 190. The summed E-state index contributed by atoms with van der Waals surface area (Å²) in [6.07, 6.45) is -2.75. The van der Waals surface area contributed by atoms with Crippen molar-refractivity contribution in [3.05, 3.63) is 50.6 Å². The van der Waals surface area contributed by atoms with Gasteiger partial charge in [0.1, 0.15) is 90.4 Å². The van der Waals surface area contributed by atoms with Crippen molar-refractivity contribution in [2.24, 2.45) is 0 Å². The number of phosphoric acid groups is 12. The smallest absolute Gasteiger partial charge is 0.390 e. The molecule has 12 heterocycles. The molecule has 8 aromatic heterocycles. The molecule has 4 aliphatic heterocycles. The molecule has 672 valence electrons. The van der Waals surface area contributed by atoms with Crippen LogP contribution in [-0.2, 0) is 126 Å². The first-order chi connectivity index (χ1) is 55.1. The maximum absolute atomic E-state index is 11.8. The largest absolute Gasteiger partial charge is 0.490 e. The van der Waals surface area contributed by atoms with Crippen LogP contribution in [0.25, 0.3) is 44.7 Å². The van der Waals surface area contributed by atoms with Gasteiger partial charge in [-0.15, -0.1) is 0 Å². The van der Waals surface area contributed by atoms with Gasteiger partial charge in [-0.05, 0) is 12.8 Å². The number of hydrogen-bond donors (Lipinski definition) is 24. The van der Waals surface area contributed by atoms with Crippen molar-refractivity contribution >= 4 is 162 Å². The molecule has 4 saturated heterocycles. The fourth-order valence-electron chi connectivity index (χ4n) is 10.4. The highest BCUT2D eigenvalue weighted by Gasteiger charge is 2.50. The first kappa shape index (κ1) is 98.5. The molecule has 80 heteroatoms. The molecular formula is C40H64N20O48P12. The van der Waals surface area contributed by atoms with Gasteiger partial charge in [-0.2, -0.15) is 34.5 Å². The Hall–Kier alpha value is -5.28. The molecule has 8 aromatic rings. The predicted octanol–water partition coefficient (Wildman–Crippen LogP) is -2.40. The van der Waals surface area contributed by atoms with Crippen molar-refractivity contribution in [2.75, 3.05) is 49.4 Å². The van der Waals surface area contributed by atoms with Crippen LogP contribution < -0.4 is 22.9 Å². The van der Waals surface area contributed by atoms with Crippen LogP contribution in [0.3, 0.4) is 0 Å². The highest BCUT2D eigenvalue weighted by Crippen LogP contribution is 2.70. The topological polar surface area (TPSA) is 1040 Å². The zero-order valence-electron chi connectivity index (χ0n) is 58.4. The van der Waals surface area contributed by atoms with E-state index in [4.69, 9.17) is 101 Å². The minimum absolute atomic E-state index is 0.000206. The molecule has 68 nitrogen and oxygen atoms in total. The van der Waals surface area contributed by atoms with Gasteiger partial charge in [-0.25, -0.2) is 115 Å². The fourth-order valence-corrected chi connectivity index (χ4v) is 22.6. The van der Waals surface area contributed by atoms with Crippen molar-refractivity contribution in [2.45, 2.75) is 99.4 Å². The Morgan fingerprint density at radius 2 is 0.633 bits per heavy atom. The molecule has 4 aliphatic rings. The Bertz CT molecular complexity index is 5630. The second kappa shape index (κ2) is 38.1. The lowest BCUT2D eigenvalue weighted by Crippen LogP contribution is -2.33. The monoisotopic (exact) mass is 1960 g/mol. The van der Waals surface area contributed by atoms with Gasteiger partial charge in [0.15, 0.2) is 58.3 Å². The van der Waals surface area contributed by atoms with Crippen LogP contribution >= 0.6 is 93.9 Å². The number of aliphatic hydroxyl groups is 4. The fraction of sp³-hybridized carbons (Fsp3) is 0.500. The number of ether oxygens (including phenoxy) is 4. The van der Waals surface area contributed by atoms with Crippen LogP contribution in [0.4, 0.5) is 23.3 Å². The van der Waals surface area contributed by atoms with Crippen molar-refractivity contribution in [1.29, 1.82) is 0 Å². The first-order valence-electron chi connectivity index (χ1n) is 31.3. The number of nitrogens with zero attached hydrogens (tertiary/aromatic N) is 16. The van der Waals surface area contributed by atoms with E-state index in [2.05, 4.69) is 112 Å². The van der Waals surface area contributed by atoms with Gasteiger partial charge in [-0.1, -0.05) is 0 Å². The maximum Gasteiger partial charge on any atom is 0.490 e. The van der Waals surface area contributed by atoms with Crippen LogP contribution in [0.15, 0.2) is 50.6 Å². The molecule has 0 amide bonds. The SMILES string of the molecule is Nc1ncnc2c1ncn2C1CC(O)C(COP(=O)(O)OP(=O)(O)OP(=O)(O)O)O1.Nc1ncnc2c1ncn2C1CCC(COP(=O)(O)OP(=O)(O)OP(=O)(O)O)O1.Nc1ncnc2c1ncn2C1OC(COP(=O)(O)OP(=O)(O)OP(=O)(O)O)C(O)C1O.Nc1ncnc2c1ncn2C1OC(COP(=O)(O)OP(=O)(O)OP(=O)(O)O)CC1O. The van der Waals surface area contributed by atoms with E-state index in [1.165, 1.54) is 58.0 Å². The molecule has 0 radical (unpaired) electrons. The second-order valence-corrected chi connectivity index (χ2v) is 41.3. The van der Waals surface area contributed by atoms with Gasteiger partial charge in [0.05, 0.1) is 70.0 Å². The number of anilines is 4. The lowest BCUT2D eigenvalue weighted by atomic mass is 10.1. The quantitative estimate of drug-likeness (QED) is 0.0195. The molecule has 0 aromatic carbocycles. The molecule has 0 saturated carbocycles. The summed E-state index contributed by atoms with van der Waals surface area (Å²) in [6, 6.07) is 0. The standard InChI is InChI=1S/C10H16N5O13P3.2C10H16N5O12P3.C10H16N5O11P3/c11-8-5-9(13-2-12-8)15(3-14-5)10-7(17)6(16)4(26-10)1-25-30(21,22)28-31(23,24)27-29(18,19)20;11-9-8-10(13-3-12-9)15(4-14-8)7-1-5(16)6(25-7)2-24-29(20,21)27-30(22,23)26-28(17,18)19;11-8-7-9(13-3-12-8)15(4-14-7)10-6(16)1-5(25-10)2-24-29(20,21)27-30(22,23)26-28(17,18)19;11-9-8-10(13-4-12-9)15(5-14-8)7-2-1-6(24-7)3-23-28(19,20)26-29(21,22)25-27(16,17)18/h2-4,6-7,10,16-17H,1H2,(H,21,22)(H,23,24)(H2,11,12,13)(H2,18,19,20);3-7,16H,1-2H2,(H,20,21)(H,22,23)(H2,11,12,13)(H2,17,18,19);3-6,10,16H,1-2H2,(H,20,21)(H,22,23)(H2,11,12,13)(H2,17,18,19);4-7H,1-3H2,(H,19,20)(H,21,22)(H2,11,12,13)(H2,16,17,18). The summed E-state index contributed by atoms with van der Waals surface area (Å²) in [5.74, 6) is 0.467. The summed E-state index contributed by atoms with van der Waals surface area (Å²) >= 11 is 0. The van der Waals surface area contributed by atoms with Gasteiger partial charge in [0.25, 0.3) is 0 Å². The third-order valence-electron chi connectivity index (χ3n) is 14.8. The number of imidazole rings is 4. The highest BCUT2D eigenvalue weighted by atomic mass is 31.3. The van der Waals surface area contributed by atoms with Crippen LogP contribution in [0, 0.1) is 0 Å². The van der Waals surface area contributed by atoms with E-state index < -0.39 is 194 Å². The van der Waals surface area contributed by atoms with E-state index in [9.17, 15) is 94.8 Å². The average Bonchev–Trinajstić information content (AvgIpc) is 1.63. The zero-order chi connectivity index (χ0) is 89.3. The summed E-state index contributed by atoms with van der Waals surface area (Å²) < 4.78 is 209. The van der Waals surface area contributed by atoms with Gasteiger partial charge < -0.3 is 141 Å². The van der Waals surface area contributed by atoms with E-state index in [1.54, 1.807) is 4.57 Å². The number of aromatic nitrogens is 16. The summed E-state index contributed by atoms with van der Waals surface area (Å²) in [5, 5.41) is 40.8. The van der Waals surface area contributed by atoms with Crippen LogP contribution in [0.1, 0.15) is 50.6 Å². The summed E-state index contributed by atoms with van der Waals surface area (Å²) in [6.45, 7) is -2.96. The predicted molar refractivity (Wildman–Crippen MR) is 376 cm³/mol. The summed E-state index contributed by atoms with van der Waals surface area (Å²) in [5.41, 5.74) is 25.1. The van der Waals surface area contributed by atoms with Crippen LogP contribution in [-0.4, -0.2) is 252 Å². The molecule has 0 spiro atoms. The number of rotatable bonds is 32. The maximum atomic E-state index is 11.8. The molecule has 28 N–H and O–H groups in total.